The van der Waals surface area contributed by atoms with E-state index in [0.717, 1.165) is 19.5 Å². The van der Waals surface area contributed by atoms with Gasteiger partial charge >= 0.3 is 6.09 Å². The van der Waals surface area contributed by atoms with Crippen molar-refractivity contribution in [2.24, 2.45) is 0 Å². The van der Waals surface area contributed by atoms with Crippen LogP contribution in [0.3, 0.4) is 0 Å². The lowest BCUT2D eigenvalue weighted by molar-refractivity contribution is 0.0566. The highest BCUT2D eigenvalue weighted by Crippen LogP contribution is 2.32. The number of hydrogen-bond acceptors (Lipinski definition) is 4. The average molecular weight is 348 g/mol. The summed E-state index contributed by atoms with van der Waals surface area (Å²) >= 11 is 0. The van der Waals surface area contributed by atoms with Gasteiger partial charge in [0, 0.05) is 18.3 Å². The van der Waals surface area contributed by atoms with Crippen molar-refractivity contribution in [1.82, 2.24) is 9.88 Å². The Morgan fingerprint density at radius 2 is 2.12 bits per heavy atom. The molecule has 25 heavy (non-hydrogen) atoms. The van der Waals surface area contributed by atoms with Gasteiger partial charge < -0.3 is 4.74 Å². The molecule has 1 aliphatic rings. The normalized spacial score (nSPS) is 19.7. The number of aromatic nitrogens is 1. The zero-order valence-corrected chi connectivity index (χ0v) is 16.6. The summed E-state index contributed by atoms with van der Waals surface area (Å²) in [5, 5.41) is 0. The van der Waals surface area contributed by atoms with Crippen LogP contribution >= 0.6 is 0 Å². The highest BCUT2D eigenvalue weighted by Gasteiger charge is 2.29. The third-order valence-corrected chi connectivity index (χ3v) is 4.79. The first kappa shape index (κ1) is 19.7. The van der Waals surface area contributed by atoms with E-state index in [0.29, 0.717) is 11.9 Å². The Bertz CT molecular complexity index is 565. The van der Waals surface area contributed by atoms with Gasteiger partial charge in [0.05, 0.1) is 0 Å². The number of hydrogen-bond donors (Lipinski definition) is 0. The second-order valence-electron chi connectivity index (χ2n) is 7.84. The van der Waals surface area contributed by atoms with Crippen molar-refractivity contribution in [1.29, 1.82) is 0 Å². The van der Waals surface area contributed by atoms with Crippen LogP contribution in [0.5, 0.6) is 0 Å². The minimum absolute atomic E-state index is 0.0341. The summed E-state index contributed by atoms with van der Waals surface area (Å²) in [6.45, 7) is 14.2. The van der Waals surface area contributed by atoms with Crippen molar-refractivity contribution in [3.63, 3.8) is 0 Å². The molecule has 0 aromatic carbocycles. The van der Waals surface area contributed by atoms with Gasteiger partial charge in [0.1, 0.15) is 11.4 Å². The topological polar surface area (TPSA) is 45.7 Å². The number of carbonyl (C=O) groups excluding carboxylic acids is 1. The average Bonchev–Trinajstić information content (AvgIpc) is 3.02. The monoisotopic (exact) mass is 347 g/mol. The molecule has 0 saturated carbocycles. The van der Waals surface area contributed by atoms with Gasteiger partial charge in [-0.2, -0.15) is 0 Å². The van der Waals surface area contributed by atoms with Gasteiger partial charge in [-0.3, -0.25) is 9.80 Å². The van der Waals surface area contributed by atoms with Gasteiger partial charge in [-0.25, -0.2) is 9.78 Å². The lowest BCUT2D eigenvalue weighted by Crippen LogP contribution is -2.42. The van der Waals surface area contributed by atoms with E-state index in [2.05, 4.69) is 29.8 Å². The van der Waals surface area contributed by atoms with Gasteiger partial charge in [-0.1, -0.05) is 19.9 Å². The van der Waals surface area contributed by atoms with E-state index in [9.17, 15) is 4.79 Å². The smallest absolute Gasteiger partial charge is 0.416 e. The molecule has 5 heteroatoms. The fourth-order valence-corrected chi connectivity index (χ4v) is 3.31. The Balaban J connectivity index is 2.22. The van der Waals surface area contributed by atoms with Crippen molar-refractivity contribution in [3.8, 4) is 0 Å². The van der Waals surface area contributed by atoms with Crippen molar-refractivity contribution in [3.05, 3.63) is 23.9 Å². The number of pyridine rings is 1. The molecule has 0 unspecified atom stereocenters. The van der Waals surface area contributed by atoms with Crippen LogP contribution < -0.4 is 4.90 Å². The minimum atomic E-state index is -0.520. The Morgan fingerprint density at radius 3 is 2.64 bits per heavy atom. The van der Waals surface area contributed by atoms with Crippen molar-refractivity contribution >= 4 is 11.9 Å². The molecular weight excluding hydrogens is 314 g/mol. The molecule has 1 aromatic heterocycles. The first-order valence-electron chi connectivity index (χ1n) is 9.49. The van der Waals surface area contributed by atoms with Crippen molar-refractivity contribution in [2.75, 3.05) is 18.0 Å². The third-order valence-electron chi connectivity index (χ3n) is 4.79. The van der Waals surface area contributed by atoms with Crippen molar-refractivity contribution < 1.29 is 9.53 Å². The molecule has 2 rings (SSSR count). The van der Waals surface area contributed by atoms with Crippen LogP contribution in [0.4, 0.5) is 10.6 Å². The summed E-state index contributed by atoms with van der Waals surface area (Å²) in [5.41, 5.74) is 0.713. The summed E-state index contributed by atoms with van der Waals surface area (Å²) in [6, 6.07) is 4.55. The molecule has 1 aromatic rings. The number of rotatable bonds is 5. The molecule has 0 aliphatic carbocycles. The zero-order chi connectivity index (χ0) is 18.6. The Morgan fingerprint density at radius 1 is 1.40 bits per heavy atom. The standard InChI is InChI=1S/C20H33N3O2/c1-7-15(3)23(19(24)25-20(4,5)6)18-12-11-16(14-21-18)17-10-9-13-22(17)8-2/h11-12,14-15,17H,7-10,13H2,1-6H3/t15-,17+/m0/s1. The first-order valence-corrected chi connectivity index (χ1v) is 9.49. The van der Waals surface area contributed by atoms with E-state index < -0.39 is 5.60 Å². The predicted molar refractivity (Wildman–Crippen MR) is 102 cm³/mol. The third kappa shape index (κ3) is 4.94. The lowest BCUT2D eigenvalue weighted by Gasteiger charge is -2.31. The second kappa shape index (κ2) is 8.17. The van der Waals surface area contributed by atoms with Crippen LogP contribution in [0.25, 0.3) is 0 Å². The largest absolute Gasteiger partial charge is 0.443 e. The number of likely N-dealkylation sites (tertiary alicyclic amines) is 1. The highest BCUT2D eigenvalue weighted by molar-refractivity contribution is 5.87. The van der Waals surface area contributed by atoms with Crippen LogP contribution in [0.1, 0.15) is 72.4 Å². The summed E-state index contributed by atoms with van der Waals surface area (Å²) in [7, 11) is 0. The second-order valence-corrected chi connectivity index (χ2v) is 7.84. The lowest BCUT2D eigenvalue weighted by atomic mass is 10.1. The zero-order valence-electron chi connectivity index (χ0n) is 16.6. The summed E-state index contributed by atoms with van der Waals surface area (Å²) in [6.07, 6.45) is 4.84. The molecule has 0 spiro atoms. The maximum Gasteiger partial charge on any atom is 0.416 e. The highest BCUT2D eigenvalue weighted by atomic mass is 16.6. The minimum Gasteiger partial charge on any atom is -0.443 e. The summed E-state index contributed by atoms with van der Waals surface area (Å²) in [5.74, 6) is 0.661. The van der Waals surface area contributed by atoms with E-state index in [-0.39, 0.29) is 12.1 Å². The molecule has 140 valence electrons. The Hall–Kier alpha value is -1.62. The quantitative estimate of drug-likeness (QED) is 0.769. The van der Waals surface area contributed by atoms with Gasteiger partial charge in [-0.15, -0.1) is 0 Å². The molecule has 5 nitrogen and oxygen atoms in total. The molecular formula is C20H33N3O2. The molecule has 1 amide bonds. The van der Waals surface area contributed by atoms with E-state index in [1.807, 2.05) is 40.0 Å². The summed E-state index contributed by atoms with van der Waals surface area (Å²) in [4.78, 5) is 21.4. The van der Waals surface area contributed by atoms with Gasteiger partial charge in [0.15, 0.2) is 0 Å². The number of anilines is 1. The Kier molecular flexibility index (Phi) is 6.44. The SMILES string of the molecule is CC[C@H](C)N(C(=O)OC(C)(C)C)c1ccc([C@H]2CCCN2CC)cn1. The van der Waals surface area contributed by atoms with Crippen LogP contribution in [0.15, 0.2) is 18.3 Å². The van der Waals surface area contributed by atoms with E-state index in [4.69, 9.17) is 4.74 Å². The number of ether oxygens (including phenoxy) is 1. The van der Waals surface area contributed by atoms with E-state index >= 15 is 0 Å². The number of amides is 1. The first-order chi connectivity index (χ1) is 11.8. The molecule has 0 bridgehead atoms. The Labute approximate surface area is 152 Å². The number of carbonyl (C=O) groups is 1. The molecule has 1 fully saturated rings. The molecule has 0 radical (unpaired) electrons. The van der Waals surface area contributed by atoms with E-state index in [1.54, 1.807) is 4.90 Å². The van der Waals surface area contributed by atoms with Crippen LogP contribution in [-0.2, 0) is 4.74 Å². The fraction of sp³-hybridized carbons (Fsp3) is 0.700. The van der Waals surface area contributed by atoms with Gasteiger partial charge in [-0.05, 0) is 71.7 Å². The van der Waals surface area contributed by atoms with Crippen molar-refractivity contribution in [2.45, 2.75) is 78.5 Å². The van der Waals surface area contributed by atoms with Crippen LogP contribution in [-0.4, -0.2) is 40.7 Å². The molecule has 0 N–H and O–H groups in total. The van der Waals surface area contributed by atoms with E-state index in [1.165, 1.54) is 18.4 Å². The van der Waals surface area contributed by atoms with Gasteiger partial charge in [0.2, 0.25) is 0 Å². The van der Waals surface area contributed by atoms with Crippen LogP contribution in [0.2, 0.25) is 0 Å². The predicted octanol–water partition coefficient (Wildman–Crippen LogP) is 4.78. The van der Waals surface area contributed by atoms with Gasteiger partial charge in [0.25, 0.3) is 0 Å². The summed E-state index contributed by atoms with van der Waals surface area (Å²) < 4.78 is 5.58. The molecule has 1 saturated heterocycles. The fourth-order valence-electron chi connectivity index (χ4n) is 3.31. The maximum atomic E-state index is 12.7. The van der Waals surface area contributed by atoms with Crippen LogP contribution in [0, 0.1) is 0 Å². The molecule has 2 heterocycles. The molecule has 1 aliphatic heterocycles. The number of nitrogens with zero attached hydrogens (tertiary/aromatic N) is 3. The maximum absolute atomic E-state index is 12.7. The molecule has 2 atom stereocenters.